The summed E-state index contributed by atoms with van der Waals surface area (Å²) in [5.41, 5.74) is 2.88. The highest BCUT2D eigenvalue weighted by molar-refractivity contribution is 6.27. The lowest BCUT2D eigenvalue weighted by molar-refractivity contribution is -0.159. The average Bonchev–Trinajstić information content (AvgIpc) is 3.17. The summed E-state index contributed by atoms with van der Waals surface area (Å²) < 4.78 is 5.85. The number of carbonyl (C=O) groups excluding carboxylic acids is 1. The molecule has 10 nitrogen and oxygen atoms in total. The van der Waals surface area contributed by atoms with E-state index in [0.29, 0.717) is 0 Å². The van der Waals surface area contributed by atoms with Crippen molar-refractivity contribution < 1.29 is 39.9 Å². The minimum atomic E-state index is -1.82. The van der Waals surface area contributed by atoms with Crippen molar-refractivity contribution in [1.29, 1.82) is 0 Å². The van der Waals surface area contributed by atoms with E-state index < -0.39 is 17.5 Å². The molecule has 2 heterocycles. The fourth-order valence-corrected chi connectivity index (χ4v) is 5.23. The summed E-state index contributed by atoms with van der Waals surface area (Å²) in [5.74, 6) is -3.65. The van der Waals surface area contributed by atoms with Gasteiger partial charge in [0.2, 0.25) is 0 Å². The molecule has 0 radical (unpaired) electrons. The van der Waals surface area contributed by atoms with Gasteiger partial charge in [-0.05, 0) is 44.2 Å². The molecule has 0 spiro atoms. The lowest BCUT2D eigenvalue weighted by Gasteiger charge is -2.48. The number of carbonyl (C=O) groups is 3. The molecule has 208 valence electrons. The van der Waals surface area contributed by atoms with Crippen LogP contribution in [-0.4, -0.2) is 80.5 Å². The topological polar surface area (TPSA) is 159 Å². The fraction of sp³-hybridized carbons (Fsp3) is 0.464. The summed E-state index contributed by atoms with van der Waals surface area (Å²) in [6.07, 6.45) is 3.08. The smallest absolute Gasteiger partial charge is 0.414 e. The molecule has 3 unspecified atom stereocenters. The van der Waals surface area contributed by atoms with E-state index in [2.05, 4.69) is 49.9 Å². The molecule has 0 saturated carbocycles. The number of rotatable bonds is 5. The van der Waals surface area contributed by atoms with E-state index in [9.17, 15) is 9.90 Å². The zero-order valence-electron chi connectivity index (χ0n) is 22.3. The predicted octanol–water partition coefficient (Wildman–Crippen LogP) is 2.91. The number of aryl methyl sites for hydroxylation is 2. The monoisotopic (exact) mass is 530 g/mol. The summed E-state index contributed by atoms with van der Waals surface area (Å²) in [7, 11) is 1.81. The lowest BCUT2D eigenvalue weighted by atomic mass is 9.75. The Morgan fingerprint density at radius 3 is 1.84 bits per heavy atom. The van der Waals surface area contributed by atoms with Gasteiger partial charge in [0.05, 0.1) is 12.1 Å². The van der Waals surface area contributed by atoms with Gasteiger partial charge in [-0.1, -0.05) is 73.0 Å². The first-order valence-electron chi connectivity index (χ1n) is 12.5. The van der Waals surface area contributed by atoms with E-state index in [1.807, 2.05) is 31.3 Å². The van der Waals surface area contributed by atoms with Crippen molar-refractivity contribution in [3.63, 3.8) is 0 Å². The molecule has 2 aromatic carbocycles. The van der Waals surface area contributed by atoms with Gasteiger partial charge in [-0.2, -0.15) is 0 Å². The maximum absolute atomic E-state index is 12.5. The number of ether oxygens (including phenoxy) is 1. The third-order valence-electron chi connectivity index (χ3n) is 7.27. The molecule has 2 aliphatic rings. The van der Waals surface area contributed by atoms with Crippen LogP contribution in [-0.2, 0) is 19.9 Å². The first-order valence-corrected chi connectivity index (χ1v) is 12.5. The number of amides is 1. The van der Waals surface area contributed by atoms with Crippen LogP contribution < -0.4 is 0 Å². The Morgan fingerprint density at radius 1 is 0.947 bits per heavy atom. The van der Waals surface area contributed by atoms with E-state index in [1.54, 1.807) is 4.90 Å². The van der Waals surface area contributed by atoms with Gasteiger partial charge >= 0.3 is 18.0 Å². The van der Waals surface area contributed by atoms with Crippen molar-refractivity contribution in [1.82, 2.24) is 9.80 Å². The maximum atomic E-state index is 12.5. The van der Waals surface area contributed by atoms with Crippen LogP contribution in [0.5, 0.6) is 0 Å². The Kier molecular flexibility index (Phi) is 10.4. The molecule has 2 fully saturated rings. The molecule has 2 aromatic rings. The number of carboxylic acids is 2. The molecule has 38 heavy (non-hydrogen) atoms. The zero-order valence-corrected chi connectivity index (χ0v) is 22.3. The van der Waals surface area contributed by atoms with Gasteiger partial charge in [0.15, 0.2) is 6.23 Å². The van der Waals surface area contributed by atoms with Gasteiger partial charge in [0.25, 0.3) is 0 Å². The second kappa shape index (κ2) is 12.9. The summed E-state index contributed by atoms with van der Waals surface area (Å²) in [4.78, 5) is 34.5. The Hall–Kier alpha value is -3.47. The van der Waals surface area contributed by atoms with Gasteiger partial charge in [-0.25, -0.2) is 14.4 Å². The molecular formula is C28H38N2O8. The fourth-order valence-electron chi connectivity index (χ4n) is 5.23. The van der Waals surface area contributed by atoms with Crippen LogP contribution in [0.4, 0.5) is 4.79 Å². The van der Waals surface area contributed by atoms with Crippen molar-refractivity contribution in [2.24, 2.45) is 0 Å². The number of cyclic esters (lactones) is 1. The van der Waals surface area contributed by atoms with Crippen LogP contribution in [0.25, 0.3) is 0 Å². The molecule has 0 aromatic heterocycles. The average molecular weight is 531 g/mol. The van der Waals surface area contributed by atoms with Gasteiger partial charge in [-0.3, -0.25) is 4.90 Å². The normalized spacial score (nSPS) is 21.6. The number of aliphatic hydroxyl groups is 1. The van der Waals surface area contributed by atoms with Gasteiger partial charge in [0.1, 0.15) is 5.60 Å². The van der Waals surface area contributed by atoms with Crippen LogP contribution in [0.15, 0.2) is 48.5 Å². The summed E-state index contributed by atoms with van der Waals surface area (Å²) in [6.45, 7) is 7.00. The summed E-state index contributed by atoms with van der Waals surface area (Å²) >= 11 is 0. The van der Waals surface area contributed by atoms with Gasteiger partial charge < -0.3 is 30.4 Å². The SMILES string of the molecule is CCC1C(N2CCCCC2C(O)(c2ccc(C)cc2)c2ccc(C)cc2)OC(=O)N1C.O.O=C(O)C(=O)O. The number of hydrogen-bond acceptors (Lipinski definition) is 6. The van der Waals surface area contributed by atoms with Crippen LogP contribution in [0.2, 0.25) is 0 Å². The predicted molar refractivity (Wildman–Crippen MR) is 141 cm³/mol. The van der Waals surface area contributed by atoms with E-state index >= 15 is 0 Å². The molecule has 3 atom stereocenters. The van der Waals surface area contributed by atoms with Crippen molar-refractivity contribution in [2.45, 2.75) is 70.4 Å². The second-order valence-electron chi connectivity index (χ2n) is 9.72. The van der Waals surface area contributed by atoms with Crippen LogP contribution in [0.1, 0.15) is 54.9 Å². The number of benzene rings is 2. The third-order valence-corrected chi connectivity index (χ3v) is 7.27. The number of likely N-dealkylation sites (N-methyl/N-ethyl adjacent to an activating group) is 1. The van der Waals surface area contributed by atoms with Crippen LogP contribution in [0.3, 0.4) is 0 Å². The van der Waals surface area contributed by atoms with Gasteiger partial charge in [-0.15, -0.1) is 0 Å². The lowest BCUT2D eigenvalue weighted by Crippen LogP contribution is -2.59. The van der Waals surface area contributed by atoms with Crippen LogP contribution >= 0.6 is 0 Å². The highest BCUT2D eigenvalue weighted by Gasteiger charge is 2.51. The third kappa shape index (κ3) is 6.32. The van der Waals surface area contributed by atoms with E-state index in [1.165, 1.54) is 0 Å². The molecule has 5 N–H and O–H groups in total. The maximum Gasteiger partial charge on any atom is 0.414 e. The molecule has 1 amide bonds. The van der Waals surface area contributed by atoms with E-state index in [-0.39, 0.29) is 29.9 Å². The van der Waals surface area contributed by atoms with E-state index in [4.69, 9.17) is 24.5 Å². The van der Waals surface area contributed by atoms with Crippen molar-refractivity contribution >= 4 is 18.0 Å². The second-order valence-corrected chi connectivity index (χ2v) is 9.72. The van der Waals surface area contributed by atoms with Crippen LogP contribution in [0, 0.1) is 13.8 Å². The molecular weight excluding hydrogens is 492 g/mol. The highest BCUT2D eigenvalue weighted by atomic mass is 16.6. The quantitative estimate of drug-likeness (QED) is 0.498. The molecule has 10 heteroatoms. The number of hydrogen-bond donors (Lipinski definition) is 3. The summed E-state index contributed by atoms with van der Waals surface area (Å²) in [6, 6.07) is 16.1. The minimum Gasteiger partial charge on any atom is -0.473 e. The van der Waals surface area contributed by atoms with Crippen molar-refractivity contribution in [2.75, 3.05) is 13.6 Å². The largest absolute Gasteiger partial charge is 0.473 e. The van der Waals surface area contributed by atoms with E-state index in [0.717, 1.165) is 54.5 Å². The Morgan fingerprint density at radius 2 is 1.42 bits per heavy atom. The first-order chi connectivity index (χ1) is 17.5. The number of aliphatic carboxylic acids is 2. The number of nitrogens with zero attached hydrogens (tertiary/aromatic N) is 2. The molecule has 0 aliphatic carbocycles. The number of likely N-dealkylation sites (tertiary alicyclic amines) is 1. The standard InChI is InChI=1S/C26H34N2O3.C2H2O4.H2O/c1-5-22-24(31-25(29)27(22)4)28-17-7-6-8-23(28)26(30,20-13-9-18(2)10-14-20)21-15-11-19(3)12-16-21;3-1(4)2(5)6;/h9-16,22-24,30H,5-8,17H2,1-4H3;(H,3,4)(H,5,6);1H2. The highest BCUT2D eigenvalue weighted by Crippen LogP contribution is 2.42. The number of carboxylic acid groups (broad SMARTS) is 2. The van der Waals surface area contributed by atoms with Crippen molar-refractivity contribution in [3.8, 4) is 0 Å². The summed E-state index contributed by atoms with van der Waals surface area (Å²) in [5, 5.41) is 27.3. The molecule has 4 rings (SSSR count). The van der Waals surface area contributed by atoms with Gasteiger partial charge in [0, 0.05) is 13.6 Å². The minimum absolute atomic E-state index is 0. The van der Waals surface area contributed by atoms with Crippen molar-refractivity contribution in [3.05, 3.63) is 70.8 Å². The molecule has 2 aliphatic heterocycles. The molecule has 0 bridgehead atoms. The Labute approximate surface area is 222 Å². The first kappa shape index (κ1) is 30.8. The number of piperidine rings is 1. The molecule has 2 saturated heterocycles. The Balaban J connectivity index is 0.000000652. The Bertz CT molecular complexity index is 1050. The zero-order chi connectivity index (χ0) is 27.3.